The molecule has 0 aliphatic carbocycles. The van der Waals surface area contributed by atoms with E-state index in [9.17, 15) is 8.42 Å². The van der Waals surface area contributed by atoms with Crippen LogP contribution in [0.5, 0.6) is 0 Å². The predicted octanol–water partition coefficient (Wildman–Crippen LogP) is 0.927. The smallest absolute Gasteiger partial charge is 0.175 e. The topological polar surface area (TPSA) is 46.6 Å². The van der Waals surface area contributed by atoms with Crippen LogP contribution >= 0.6 is 0 Å². The Bertz CT molecular complexity index is 447. The first kappa shape index (κ1) is 11.4. The minimum atomic E-state index is -3.09. The molecule has 88 valence electrons. The van der Waals surface area contributed by atoms with Crippen LogP contribution < -0.4 is 4.90 Å². The lowest BCUT2D eigenvalue weighted by Crippen LogP contribution is -2.36. The highest BCUT2D eigenvalue weighted by Gasteiger charge is 2.12. The van der Waals surface area contributed by atoms with Crippen molar-refractivity contribution in [3.8, 4) is 0 Å². The summed E-state index contributed by atoms with van der Waals surface area (Å²) < 4.78 is 27.8. The average molecular weight is 241 g/mol. The number of sulfone groups is 1. The van der Waals surface area contributed by atoms with Gasteiger partial charge in [0, 0.05) is 25.0 Å². The van der Waals surface area contributed by atoms with Crippen LogP contribution in [0.15, 0.2) is 29.2 Å². The first-order chi connectivity index (χ1) is 7.57. The zero-order valence-corrected chi connectivity index (χ0v) is 10.0. The third kappa shape index (κ3) is 2.54. The number of anilines is 1. The second-order valence-corrected chi connectivity index (χ2v) is 5.88. The largest absolute Gasteiger partial charge is 0.378 e. The number of benzene rings is 1. The average Bonchev–Trinajstić information content (AvgIpc) is 2.29. The minimum Gasteiger partial charge on any atom is -0.378 e. The lowest BCUT2D eigenvalue weighted by Gasteiger charge is -2.28. The van der Waals surface area contributed by atoms with Crippen LogP contribution in [0.1, 0.15) is 0 Å². The second kappa shape index (κ2) is 4.43. The maximum atomic E-state index is 11.3. The molecule has 0 amide bonds. The first-order valence-electron chi connectivity index (χ1n) is 5.20. The van der Waals surface area contributed by atoms with Gasteiger partial charge in [0.1, 0.15) is 0 Å². The van der Waals surface area contributed by atoms with Crippen LogP contribution in [-0.4, -0.2) is 41.0 Å². The summed E-state index contributed by atoms with van der Waals surface area (Å²) in [6.07, 6.45) is 1.22. The quantitative estimate of drug-likeness (QED) is 0.772. The number of hydrogen-bond donors (Lipinski definition) is 0. The van der Waals surface area contributed by atoms with Gasteiger partial charge in [0.25, 0.3) is 0 Å². The molecule has 5 heteroatoms. The molecule has 1 heterocycles. The molecular formula is C11H15NO3S. The van der Waals surface area contributed by atoms with Gasteiger partial charge in [-0.05, 0) is 24.3 Å². The third-order valence-electron chi connectivity index (χ3n) is 2.64. The van der Waals surface area contributed by atoms with Crippen molar-refractivity contribution in [3.05, 3.63) is 24.3 Å². The Hall–Kier alpha value is -1.07. The molecule has 1 aromatic carbocycles. The lowest BCUT2D eigenvalue weighted by atomic mass is 10.2. The van der Waals surface area contributed by atoms with E-state index in [0.717, 1.165) is 32.0 Å². The number of hydrogen-bond acceptors (Lipinski definition) is 4. The fourth-order valence-corrected chi connectivity index (χ4v) is 2.36. The molecule has 0 aromatic heterocycles. The van der Waals surface area contributed by atoms with Gasteiger partial charge in [0.05, 0.1) is 18.1 Å². The molecule has 0 N–H and O–H groups in total. The predicted molar refractivity (Wildman–Crippen MR) is 62.6 cm³/mol. The number of nitrogens with zero attached hydrogens (tertiary/aromatic N) is 1. The van der Waals surface area contributed by atoms with E-state index in [4.69, 9.17) is 4.74 Å². The van der Waals surface area contributed by atoms with E-state index in [1.807, 2.05) is 12.1 Å². The van der Waals surface area contributed by atoms with Crippen molar-refractivity contribution in [3.63, 3.8) is 0 Å². The first-order valence-corrected chi connectivity index (χ1v) is 7.09. The van der Waals surface area contributed by atoms with E-state index < -0.39 is 9.84 Å². The summed E-state index contributed by atoms with van der Waals surface area (Å²) in [6.45, 7) is 3.18. The van der Waals surface area contributed by atoms with Crippen molar-refractivity contribution in [1.29, 1.82) is 0 Å². The Morgan fingerprint density at radius 1 is 1.12 bits per heavy atom. The number of ether oxygens (including phenoxy) is 1. The van der Waals surface area contributed by atoms with Gasteiger partial charge >= 0.3 is 0 Å². The SMILES string of the molecule is CS(=O)(=O)c1ccc(N2CCOCC2)cc1. The molecule has 1 aromatic rings. The van der Waals surface area contributed by atoms with Gasteiger partial charge in [-0.15, -0.1) is 0 Å². The zero-order valence-electron chi connectivity index (χ0n) is 9.22. The summed E-state index contributed by atoms with van der Waals surface area (Å²) in [5, 5.41) is 0. The van der Waals surface area contributed by atoms with E-state index in [2.05, 4.69) is 4.90 Å². The van der Waals surface area contributed by atoms with Crippen LogP contribution in [0.3, 0.4) is 0 Å². The van der Waals surface area contributed by atoms with Gasteiger partial charge in [-0.25, -0.2) is 8.42 Å². The zero-order chi connectivity index (χ0) is 11.6. The standard InChI is InChI=1S/C11H15NO3S/c1-16(13,14)11-4-2-10(3-5-11)12-6-8-15-9-7-12/h2-5H,6-9H2,1H3. The van der Waals surface area contributed by atoms with Crippen molar-refractivity contribution in [2.75, 3.05) is 37.5 Å². The fourth-order valence-electron chi connectivity index (χ4n) is 1.73. The molecular weight excluding hydrogens is 226 g/mol. The maximum Gasteiger partial charge on any atom is 0.175 e. The molecule has 2 rings (SSSR count). The molecule has 0 saturated carbocycles. The van der Waals surface area contributed by atoms with Crippen LogP contribution in [0.25, 0.3) is 0 Å². The summed E-state index contributed by atoms with van der Waals surface area (Å²) in [5.41, 5.74) is 1.05. The van der Waals surface area contributed by atoms with Crippen LogP contribution in [0.4, 0.5) is 5.69 Å². The fraction of sp³-hybridized carbons (Fsp3) is 0.455. The van der Waals surface area contributed by atoms with E-state index in [-0.39, 0.29) is 0 Å². The number of morpholine rings is 1. The highest BCUT2D eigenvalue weighted by atomic mass is 32.2. The minimum absolute atomic E-state index is 0.365. The Balaban J connectivity index is 2.18. The highest BCUT2D eigenvalue weighted by Crippen LogP contribution is 2.18. The molecule has 0 atom stereocenters. The molecule has 4 nitrogen and oxygen atoms in total. The van der Waals surface area contributed by atoms with Gasteiger partial charge in [-0.1, -0.05) is 0 Å². The van der Waals surface area contributed by atoms with Gasteiger partial charge in [-0.2, -0.15) is 0 Å². The maximum absolute atomic E-state index is 11.3. The van der Waals surface area contributed by atoms with E-state index in [1.54, 1.807) is 12.1 Å². The molecule has 1 aliphatic rings. The molecule has 1 fully saturated rings. The highest BCUT2D eigenvalue weighted by molar-refractivity contribution is 7.90. The summed E-state index contributed by atoms with van der Waals surface area (Å²) in [5.74, 6) is 0. The van der Waals surface area contributed by atoms with Gasteiger partial charge in [0.2, 0.25) is 0 Å². The summed E-state index contributed by atoms with van der Waals surface area (Å²) in [7, 11) is -3.09. The molecule has 0 unspecified atom stereocenters. The molecule has 1 aliphatic heterocycles. The van der Waals surface area contributed by atoms with Gasteiger partial charge in [0.15, 0.2) is 9.84 Å². The summed E-state index contributed by atoms with van der Waals surface area (Å²) in [6, 6.07) is 7.00. The molecule has 0 bridgehead atoms. The Kier molecular flexibility index (Phi) is 3.16. The monoisotopic (exact) mass is 241 g/mol. The molecule has 0 spiro atoms. The summed E-state index contributed by atoms with van der Waals surface area (Å²) >= 11 is 0. The second-order valence-electron chi connectivity index (χ2n) is 3.87. The van der Waals surface area contributed by atoms with Gasteiger partial charge in [-0.3, -0.25) is 0 Å². The van der Waals surface area contributed by atoms with Crippen LogP contribution in [0.2, 0.25) is 0 Å². The van der Waals surface area contributed by atoms with Crippen LogP contribution in [0, 0.1) is 0 Å². The molecule has 16 heavy (non-hydrogen) atoms. The Labute approximate surface area is 95.7 Å². The molecule has 0 radical (unpaired) electrons. The van der Waals surface area contributed by atoms with E-state index >= 15 is 0 Å². The Morgan fingerprint density at radius 2 is 1.69 bits per heavy atom. The van der Waals surface area contributed by atoms with Crippen molar-refractivity contribution < 1.29 is 13.2 Å². The lowest BCUT2D eigenvalue weighted by molar-refractivity contribution is 0.122. The van der Waals surface area contributed by atoms with Crippen molar-refractivity contribution >= 4 is 15.5 Å². The third-order valence-corrected chi connectivity index (χ3v) is 3.77. The van der Waals surface area contributed by atoms with Gasteiger partial charge < -0.3 is 9.64 Å². The summed E-state index contributed by atoms with van der Waals surface area (Å²) in [4.78, 5) is 2.56. The van der Waals surface area contributed by atoms with E-state index in [1.165, 1.54) is 6.26 Å². The van der Waals surface area contributed by atoms with Crippen molar-refractivity contribution in [2.45, 2.75) is 4.90 Å². The normalized spacial score (nSPS) is 17.4. The molecule has 1 saturated heterocycles. The Morgan fingerprint density at radius 3 is 2.19 bits per heavy atom. The van der Waals surface area contributed by atoms with E-state index in [0.29, 0.717) is 4.90 Å². The number of rotatable bonds is 2. The van der Waals surface area contributed by atoms with Crippen molar-refractivity contribution in [2.24, 2.45) is 0 Å². The van der Waals surface area contributed by atoms with Crippen molar-refractivity contribution in [1.82, 2.24) is 0 Å². The van der Waals surface area contributed by atoms with Crippen LogP contribution in [-0.2, 0) is 14.6 Å².